The van der Waals surface area contributed by atoms with E-state index < -0.39 is 0 Å². The maximum atomic E-state index is 9.76. The van der Waals surface area contributed by atoms with Crippen molar-refractivity contribution in [1.29, 1.82) is 5.26 Å². The fourth-order valence-corrected chi connectivity index (χ4v) is 3.52. The first kappa shape index (κ1) is 18.0. The molecule has 1 heterocycles. The summed E-state index contributed by atoms with van der Waals surface area (Å²) in [6.07, 6.45) is 1.80. The fourth-order valence-electron chi connectivity index (χ4n) is 2.92. The van der Waals surface area contributed by atoms with Gasteiger partial charge in [-0.3, -0.25) is 0 Å². The van der Waals surface area contributed by atoms with Gasteiger partial charge in [0.05, 0.1) is 35.3 Å². The van der Waals surface area contributed by atoms with Crippen molar-refractivity contribution in [2.45, 2.75) is 13.5 Å². The number of nitrogens with zero attached hydrogens (tertiary/aromatic N) is 3. The average Bonchev–Trinajstić information content (AvgIpc) is 3.05. The van der Waals surface area contributed by atoms with Crippen LogP contribution in [0, 0.1) is 11.3 Å². The Kier molecular flexibility index (Phi) is 5.29. The van der Waals surface area contributed by atoms with Crippen molar-refractivity contribution >= 4 is 38.6 Å². The Morgan fingerprint density at radius 2 is 2.00 bits per heavy atom. The molecule has 6 heteroatoms. The van der Waals surface area contributed by atoms with E-state index in [1.807, 2.05) is 47.9 Å². The highest BCUT2D eigenvalue weighted by atomic mass is 79.9. The number of halogens is 1. The molecule has 0 amide bonds. The quantitative estimate of drug-likeness (QED) is 0.560. The molecule has 3 aromatic rings. The van der Waals surface area contributed by atoms with Crippen molar-refractivity contribution in [2.75, 3.05) is 14.2 Å². The molecule has 0 N–H and O–H groups in total. The second-order valence-electron chi connectivity index (χ2n) is 5.54. The zero-order valence-electron chi connectivity index (χ0n) is 14.8. The predicted molar refractivity (Wildman–Crippen MR) is 106 cm³/mol. The Balaban J connectivity index is 2.18. The topological polar surface area (TPSA) is 60.1 Å². The Morgan fingerprint density at radius 3 is 2.65 bits per heavy atom. The molecule has 0 atom stereocenters. The highest BCUT2D eigenvalue weighted by Gasteiger charge is 2.16. The van der Waals surface area contributed by atoms with E-state index >= 15 is 0 Å². The van der Waals surface area contributed by atoms with E-state index in [1.54, 1.807) is 20.3 Å². The highest BCUT2D eigenvalue weighted by Crippen LogP contribution is 2.39. The molecule has 0 radical (unpaired) electrons. The van der Waals surface area contributed by atoms with Crippen molar-refractivity contribution < 1.29 is 9.47 Å². The second kappa shape index (κ2) is 7.63. The number of benzene rings is 2. The Labute approximate surface area is 160 Å². The number of nitriles is 1. The molecule has 132 valence electrons. The summed E-state index contributed by atoms with van der Waals surface area (Å²) in [6.45, 7) is 2.76. The van der Waals surface area contributed by atoms with Gasteiger partial charge in [-0.2, -0.15) is 5.26 Å². The van der Waals surface area contributed by atoms with Gasteiger partial charge in [-0.15, -0.1) is 0 Å². The number of allylic oxidation sites excluding steroid dienone is 1. The number of hydrogen-bond acceptors (Lipinski definition) is 4. The maximum absolute atomic E-state index is 9.76. The van der Waals surface area contributed by atoms with E-state index in [1.165, 1.54) is 0 Å². The standard InChI is InChI=1S/C20H18BrN3O2/c1-4-24-16-8-6-5-7-15(16)23-20(24)14(12-22)11-13-9-10-17(25-2)19(26-3)18(13)21/h5-11H,4H2,1-3H3/b14-11-. The summed E-state index contributed by atoms with van der Waals surface area (Å²) in [5, 5.41) is 9.76. The number of aryl methyl sites for hydroxylation is 1. The molecular weight excluding hydrogens is 394 g/mol. The van der Waals surface area contributed by atoms with E-state index in [9.17, 15) is 5.26 Å². The van der Waals surface area contributed by atoms with Gasteiger partial charge in [0.1, 0.15) is 6.07 Å². The maximum Gasteiger partial charge on any atom is 0.175 e. The zero-order chi connectivity index (χ0) is 18.7. The fraction of sp³-hybridized carbons (Fsp3) is 0.200. The summed E-state index contributed by atoms with van der Waals surface area (Å²) in [5.41, 5.74) is 3.18. The lowest BCUT2D eigenvalue weighted by Gasteiger charge is -2.11. The normalized spacial score (nSPS) is 11.4. The largest absolute Gasteiger partial charge is 0.493 e. The van der Waals surface area contributed by atoms with Gasteiger partial charge in [0.15, 0.2) is 17.3 Å². The van der Waals surface area contributed by atoms with Gasteiger partial charge < -0.3 is 14.0 Å². The summed E-state index contributed by atoms with van der Waals surface area (Å²) >= 11 is 3.55. The van der Waals surface area contributed by atoms with Crippen LogP contribution in [-0.2, 0) is 6.54 Å². The molecule has 0 fully saturated rings. The van der Waals surface area contributed by atoms with Crippen LogP contribution in [0.25, 0.3) is 22.7 Å². The van der Waals surface area contributed by atoms with Gasteiger partial charge in [-0.25, -0.2) is 4.98 Å². The number of fused-ring (bicyclic) bond motifs is 1. The SMILES string of the molecule is CCn1c(/C(C#N)=C\c2ccc(OC)c(OC)c2Br)nc2ccccc21. The van der Waals surface area contributed by atoms with E-state index in [-0.39, 0.29) is 0 Å². The molecule has 0 aliphatic heterocycles. The van der Waals surface area contributed by atoms with Crippen molar-refractivity contribution in [3.8, 4) is 17.6 Å². The van der Waals surface area contributed by atoms with Crippen LogP contribution in [0.3, 0.4) is 0 Å². The van der Waals surface area contributed by atoms with Crippen molar-refractivity contribution in [2.24, 2.45) is 0 Å². The molecular formula is C20H18BrN3O2. The molecule has 0 spiro atoms. The number of hydrogen-bond donors (Lipinski definition) is 0. The van der Waals surface area contributed by atoms with E-state index in [4.69, 9.17) is 9.47 Å². The van der Waals surface area contributed by atoms with Gasteiger partial charge in [-0.1, -0.05) is 12.1 Å². The number of imidazole rings is 1. The van der Waals surface area contributed by atoms with Gasteiger partial charge >= 0.3 is 0 Å². The van der Waals surface area contributed by atoms with Gasteiger partial charge in [0.25, 0.3) is 0 Å². The molecule has 0 unspecified atom stereocenters. The highest BCUT2D eigenvalue weighted by molar-refractivity contribution is 9.10. The van der Waals surface area contributed by atoms with Crippen molar-refractivity contribution in [3.05, 3.63) is 52.3 Å². The van der Waals surface area contributed by atoms with Gasteiger partial charge in [0, 0.05) is 6.54 Å². The third-order valence-corrected chi connectivity index (χ3v) is 4.96. The Morgan fingerprint density at radius 1 is 1.23 bits per heavy atom. The summed E-state index contributed by atoms with van der Waals surface area (Å²) in [4.78, 5) is 4.66. The van der Waals surface area contributed by atoms with E-state index in [2.05, 4.69) is 27.0 Å². The first-order valence-corrected chi connectivity index (χ1v) is 8.91. The van der Waals surface area contributed by atoms with Crippen LogP contribution in [0.2, 0.25) is 0 Å². The lowest BCUT2D eigenvalue weighted by Crippen LogP contribution is -2.00. The Bertz CT molecular complexity index is 1030. The van der Waals surface area contributed by atoms with E-state index in [0.717, 1.165) is 27.6 Å². The number of rotatable bonds is 5. The third-order valence-electron chi connectivity index (χ3n) is 4.15. The summed E-state index contributed by atoms with van der Waals surface area (Å²) in [7, 11) is 3.17. The minimum Gasteiger partial charge on any atom is -0.493 e. The Hall–Kier alpha value is -2.78. The summed E-state index contributed by atoms with van der Waals surface area (Å²) in [6, 6.07) is 13.8. The van der Waals surface area contributed by atoms with Crippen molar-refractivity contribution in [3.63, 3.8) is 0 Å². The number of methoxy groups -OCH3 is 2. The molecule has 1 aromatic heterocycles. The lowest BCUT2D eigenvalue weighted by molar-refractivity contribution is 0.353. The molecule has 5 nitrogen and oxygen atoms in total. The zero-order valence-corrected chi connectivity index (χ0v) is 16.4. The average molecular weight is 412 g/mol. The van der Waals surface area contributed by atoms with Crippen molar-refractivity contribution in [1.82, 2.24) is 9.55 Å². The van der Waals surface area contributed by atoms with Crippen LogP contribution in [0.1, 0.15) is 18.3 Å². The molecule has 0 aliphatic rings. The number of ether oxygens (including phenoxy) is 2. The summed E-state index contributed by atoms with van der Waals surface area (Å²) in [5.74, 6) is 1.86. The first-order valence-electron chi connectivity index (χ1n) is 8.12. The van der Waals surface area contributed by atoms with Crippen LogP contribution in [0.4, 0.5) is 0 Å². The minimum atomic E-state index is 0.482. The van der Waals surface area contributed by atoms with Crippen LogP contribution >= 0.6 is 15.9 Å². The first-order chi connectivity index (χ1) is 12.6. The second-order valence-corrected chi connectivity index (χ2v) is 6.34. The van der Waals surface area contributed by atoms with E-state index in [0.29, 0.717) is 22.9 Å². The monoisotopic (exact) mass is 411 g/mol. The lowest BCUT2D eigenvalue weighted by atomic mass is 10.1. The molecule has 26 heavy (non-hydrogen) atoms. The minimum absolute atomic E-state index is 0.482. The van der Waals surface area contributed by atoms with Crippen LogP contribution in [-0.4, -0.2) is 23.8 Å². The number of aromatic nitrogens is 2. The molecule has 0 saturated carbocycles. The predicted octanol–water partition coefficient (Wildman–Crippen LogP) is 4.90. The van der Waals surface area contributed by atoms with Crippen LogP contribution in [0.15, 0.2) is 40.9 Å². The third kappa shape index (κ3) is 3.06. The molecule has 3 rings (SSSR count). The molecule has 2 aromatic carbocycles. The van der Waals surface area contributed by atoms with Gasteiger partial charge in [-0.05, 0) is 58.8 Å². The molecule has 0 saturated heterocycles. The van der Waals surface area contributed by atoms with Gasteiger partial charge in [0.2, 0.25) is 0 Å². The number of para-hydroxylation sites is 2. The molecule has 0 aliphatic carbocycles. The summed E-state index contributed by atoms with van der Waals surface area (Å²) < 4.78 is 13.5. The van der Waals surface area contributed by atoms with Crippen LogP contribution < -0.4 is 9.47 Å². The van der Waals surface area contributed by atoms with Crippen LogP contribution in [0.5, 0.6) is 11.5 Å². The smallest absolute Gasteiger partial charge is 0.175 e. The molecule has 0 bridgehead atoms.